The third-order valence-electron chi connectivity index (χ3n) is 2.72. The van der Waals surface area contributed by atoms with Crippen LogP contribution in [0, 0.1) is 5.92 Å². The predicted octanol–water partition coefficient (Wildman–Crippen LogP) is 2.27. The highest BCUT2D eigenvalue weighted by Crippen LogP contribution is 2.09. The van der Waals surface area contributed by atoms with E-state index in [0.717, 1.165) is 12.8 Å². The lowest BCUT2D eigenvalue weighted by Crippen LogP contribution is -2.33. The third kappa shape index (κ3) is 8.72. The maximum absolute atomic E-state index is 11.5. The van der Waals surface area contributed by atoms with Gasteiger partial charge in [-0.25, -0.2) is 0 Å². The predicted molar refractivity (Wildman–Crippen MR) is 67.5 cm³/mol. The van der Waals surface area contributed by atoms with E-state index in [4.69, 9.17) is 4.74 Å². The molecule has 4 heteroatoms. The zero-order valence-electron chi connectivity index (χ0n) is 11.4. The molecule has 0 aliphatic rings. The van der Waals surface area contributed by atoms with Crippen LogP contribution in [0.15, 0.2) is 0 Å². The second-order valence-electron chi connectivity index (χ2n) is 4.52. The maximum atomic E-state index is 11.5. The van der Waals surface area contributed by atoms with Crippen LogP contribution < -0.4 is 5.32 Å². The van der Waals surface area contributed by atoms with Crippen molar-refractivity contribution in [3.63, 3.8) is 0 Å². The van der Waals surface area contributed by atoms with Gasteiger partial charge in [-0.1, -0.05) is 20.3 Å². The Morgan fingerprint density at radius 3 is 2.35 bits per heavy atom. The van der Waals surface area contributed by atoms with Crippen LogP contribution in [-0.2, 0) is 14.3 Å². The van der Waals surface area contributed by atoms with Crippen LogP contribution in [0.2, 0.25) is 0 Å². The number of rotatable bonds is 8. The van der Waals surface area contributed by atoms with Gasteiger partial charge in [-0.2, -0.15) is 0 Å². The fourth-order valence-corrected chi connectivity index (χ4v) is 1.62. The molecule has 17 heavy (non-hydrogen) atoms. The molecule has 2 atom stereocenters. The Morgan fingerprint density at radius 1 is 1.18 bits per heavy atom. The summed E-state index contributed by atoms with van der Waals surface area (Å²) in [6.45, 7) is 8.42. The van der Waals surface area contributed by atoms with Crippen molar-refractivity contribution < 1.29 is 14.3 Å². The van der Waals surface area contributed by atoms with Crippen molar-refractivity contribution in [3.8, 4) is 0 Å². The van der Waals surface area contributed by atoms with E-state index >= 15 is 0 Å². The lowest BCUT2D eigenvalue weighted by molar-refractivity contribution is -0.144. The molecule has 0 aliphatic carbocycles. The minimum atomic E-state index is -0.308. The highest BCUT2D eigenvalue weighted by atomic mass is 16.5. The van der Waals surface area contributed by atoms with Crippen LogP contribution in [-0.4, -0.2) is 24.5 Å². The van der Waals surface area contributed by atoms with E-state index < -0.39 is 0 Å². The van der Waals surface area contributed by atoms with Crippen LogP contribution in [0.3, 0.4) is 0 Å². The van der Waals surface area contributed by atoms with Gasteiger partial charge in [0.25, 0.3) is 0 Å². The minimum Gasteiger partial charge on any atom is -0.466 e. The number of ether oxygens (including phenoxy) is 1. The summed E-state index contributed by atoms with van der Waals surface area (Å²) >= 11 is 0. The lowest BCUT2D eigenvalue weighted by atomic mass is 10.0. The van der Waals surface area contributed by atoms with E-state index in [1.165, 1.54) is 0 Å². The summed E-state index contributed by atoms with van der Waals surface area (Å²) in [5.41, 5.74) is 0. The van der Waals surface area contributed by atoms with Gasteiger partial charge in [-0.15, -0.1) is 0 Å². The number of hydrogen-bond donors (Lipinski definition) is 1. The number of carbonyl (C=O) groups is 2. The van der Waals surface area contributed by atoms with Gasteiger partial charge >= 0.3 is 5.97 Å². The Hall–Kier alpha value is -1.06. The highest BCUT2D eigenvalue weighted by Gasteiger charge is 2.12. The molecule has 0 fully saturated rings. The molecule has 0 aromatic carbocycles. The first kappa shape index (κ1) is 15.9. The largest absolute Gasteiger partial charge is 0.466 e. The molecule has 0 heterocycles. The topological polar surface area (TPSA) is 55.4 Å². The van der Waals surface area contributed by atoms with Gasteiger partial charge in [0.2, 0.25) is 5.91 Å². The van der Waals surface area contributed by atoms with E-state index in [-0.39, 0.29) is 30.8 Å². The SMILES string of the molecule is CCOC(=O)CCC(=O)NC(C)CC(C)CC. The van der Waals surface area contributed by atoms with Crippen LogP contribution in [0.25, 0.3) is 0 Å². The first-order chi connectivity index (χ1) is 7.99. The molecule has 0 aromatic rings. The van der Waals surface area contributed by atoms with E-state index in [1.54, 1.807) is 6.92 Å². The zero-order valence-corrected chi connectivity index (χ0v) is 11.4. The fraction of sp³-hybridized carbons (Fsp3) is 0.846. The smallest absolute Gasteiger partial charge is 0.306 e. The summed E-state index contributed by atoms with van der Waals surface area (Å²) in [6, 6.07) is 0.166. The van der Waals surface area contributed by atoms with Gasteiger partial charge in [-0.3, -0.25) is 9.59 Å². The summed E-state index contributed by atoms with van der Waals surface area (Å²) in [5.74, 6) is 0.224. The van der Waals surface area contributed by atoms with Crippen molar-refractivity contribution in [2.24, 2.45) is 5.92 Å². The number of nitrogens with one attached hydrogen (secondary N) is 1. The molecule has 0 saturated heterocycles. The molecular formula is C13H25NO3. The van der Waals surface area contributed by atoms with Crippen molar-refractivity contribution >= 4 is 11.9 Å². The standard InChI is InChI=1S/C13H25NO3/c1-5-10(3)9-11(4)14-12(15)7-8-13(16)17-6-2/h10-11H,5-9H2,1-4H3,(H,14,15). The molecule has 0 saturated carbocycles. The van der Waals surface area contributed by atoms with Crippen molar-refractivity contribution in [1.29, 1.82) is 0 Å². The summed E-state index contributed by atoms with van der Waals surface area (Å²) in [5, 5.41) is 2.90. The summed E-state index contributed by atoms with van der Waals surface area (Å²) in [4.78, 5) is 22.6. The van der Waals surface area contributed by atoms with Gasteiger partial charge in [0.1, 0.15) is 0 Å². The molecule has 0 aromatic heterocycles. The molecule has 0 rings (SSSR count). The van der Waals surface area contributed by atoms with Gasteiger partial charge in [0, 0.05) is 12.5 Å². The van der Waals surface area contributed by atoms with Crippen molar-refractivity contribution in [2.75, 3.05) is 6.61 Å². The molecular weight excluding hydrogens is 218 g/mol. The van der Waals surface area contributed by atoms with Crippen LogP contribution >= 0.6 is 0 Å². The average Bonchev–Trinajstić information content (AvgIpc) is 2.26. The molecule has 0 spiro atoms. The average molecular weight is 243 g/mol. The molecule has 0 radical (unpaired) electrons. The van der Waals surface area contributed by atoms with Crippen molar-refractivity contribution in [2.45, 2.75) is 59.4 Å². The first-order valence-corrected chi connectivity index (χ1v) is 6.44. The Balaban J connectivity index is 3.74. The minimum absolute atomic E-state index is 0.0751. The highest BCUT2D eigenvalue weighted by molar-refractivity contribution is 5.81. The van der Waals surface area contributed by atoms with E-state index in [2.05, 4.69) is 19.2 Å². The van der Waals surface area contributed by atoms with E-state index in [1.807, 2.05) is 6.92 Å². The summed E-state index contributed by atoms with van der Waals surface area (Å²) < 4.78 is 4.76. The quantitative estimate of drug-likeness (QED) is 0.665. The van der Waals surface area contributed by atoms with E-state index in [0.29, 0.717) is 12.5 Å². The Labute approximate surface area is 104 Å². The van der Waals surface area contributed by atoms with Crippen LogP contribution in [0.4, 0.5) is 0 Å². The zero-order chi connectivity index (χ0) is 13.3. The number of esters is 1. The molecule has 0 bridgehead atoms. The first-order valence-electron chi connectivity index (χ1n) is 6.44. The summed E-state index contributed by atoms with van der Waals surface area (Å²) in [7, 11) is 0. The third-order valence-corrected chi connectivity index (χ3v) is 2.72. The molecule has 1 N–H and O–H groups in total. The van der Waals surface area contributed by atoms with Gasteiger partial charge in [-0.05, 0) is 26.2 Å². The molecule has 1 amide bonds. The van der Waals surface area contributed by atoms with Crippen LogP contribution in [0.5, 0.6) is 0 Å². The normalized spacial score (nSPS) is 13.9. The number of amides is 1. The van der Waals surface area contributed by atoms with E-state index in [9.17, 15) is 9.59 Å². The van der Waals surface area contributed by atoms with Gasteiger partial charge in [0.15, 0.2) is 0 Å². The molecule has 2 unspecified atom stereocenters. The molecule has 0 aliphatic heterocycles. The second kappa shape index (κ2) is 9.02. The number of carbonyl (C=O) groups excluding carboxylic acids is 2. The van der Waals surface area contributed by atoms with Crippen molar-refractivity contribution in [3.05, 3.63) is 0 Å². The molecule has 4 nitrogen and oxygen atoms in total. The Morgan fingerprint density at radius 2 is 1.82 bits per heavy atom. The maximum Gasteiger partial charge on any atom is 0.306 e. The number of hydrogen-bond acceptors (Lipinski definition) is 3. The summed E-state index contributed by atoms with van der Waals surface area (Å²) in [6.07, 6.45) is 2.46. The second-order valence-corrected chi connectivity index (χ2v) is 4.52. The van der Waals surface area contributed by atoms with Gasteiger partial charge < -0.3 is 10.1 Å². The van der Waals surface area contributed by atoms with Gasteiger partial charge in [0.05, 0.1) is 13.0 Å². The van der Waals surface area contributed by atoms with Crippen molar-refractivity contribution in [1.82, 2.24) is 5.32 Å². The Bertz CT molecular complexity index is 241. The molecule has 100 valence electrons. The van der Waals surface area contributed by atoms with Crippen LogP contribution in [0.1, 0.15) is 53.4 Å². The monoisotopic (exact) mass is 243 g/mol. The lowest BCUT2D eigenvalue weighted by Gasteiger charge is -2.17. The Kier molecular flexibility index (Phi) is 8.46. The fourth-order valence-electron chi connectivity index (χ4n) is 1.62.